The molecule has 0 amide bonds. The maximum atomic E-state index is 6.13. The minimum Gasteiger partial charge on any atom is -0.274 e. The van der Waals surface area contributed by atoms with Gasteiger partial charge in [-0.2, -0.15) is 0 Å². The number of hydrogen-bond donors (Lipinski definition) is 0. The lowest BCUT2D eigenvalue weighted by Gasteiger charge is -2.16. The van der Waals surface area contributed by atoms with Crippen molar-refractivity contribution in [2.45, 2.75) is 48.5 Å². The van der Waals surface area contributed by atoms with Crippen LogP contribution in [0, 0.1) is 48.5 Å². The summed E-state index contributed by atoms with van der Waals surface area (Å²) in [5.74, 6) is 1.74. The second-order valence-corrected chi connectivity index (χ2v) is 13.8. The zero-order valence-electron chi connectivity index (χ0n) is 31.8. The Bertz CT molecular complexity index is 2340. The molecule has 5 nitrogen and oxygen atoms in total. The molecule has 1 heterocycles. The van der Waals surface area contributed by atoms with Crippen LogP contribution >= 0.6 is 23.2 Å². The third-order valence-electron chi connectivity index (χ3n) is 9.22. The van der Waals surface area contributed by atoms with Crippen LogP contribution in [0.2, 0.25) is 0 Å². The van der Waals surface area contributed by atoms with Crippen LogP contribution in [0.15, 0.2) is 156 Å². The van der Waals surface area contributed by atoms with E-state index >= 15 is 0 Å². The van der Waals surface area contributed by atoms with Gasteiger partial charge < -0.3 is 0 Å². The Morgan fingerprint density at radius 1 is 0.444 bits per heavy atom. The molecule has 0 saturated heterocycles. The van der Waals surface area contributed by atoms with Crippen molar-refractivity contribution in [3.05, 3.63) is 196 Å². The van der Waals surface area contributed by atoms with Crippen LogP contribution < -0.4 is 0 Å². The highest BCUT2D eigenvalue weighted by Crippen LogP contribution is 2.32. The summed E-state index contributed by atoms with van der Waals surface area (Å²) in [5.41, 5.74) is 13.8. The average Bonchev–Trinajstić information content (AvgIpc) is 3.61. The molecule has 0 unspecified atom stereocenters. The van der Waals surface area contributed by atoms with E-state index < -0.39 is 0 Å². The molecule has 0 aliphatic heterocycles. The Morgan fingerprint density at radius 3 is 1.48 bits per heavy atom. The van der Waals surface area contributed by atoms with E-state index in [1.54, 1.807) is 0 Å². The molecule has 0 atom stereocenters. The van der Waals surface area contributed by atoms with Crippen LogP contribution in [-0.4, -0.2) is 25.1 Å². The summed E-state index contributed by atoms with van der Waals surface area (Å²) in [7, 11) is 0. The maximum absolute atomic E-state index is 6.13. The number of aromatic nitrogens is 3. The third-order valence-corrected chi connectivity index (χ3v) is 9.80. The van der Waals surface area contributed by atoms with Crippen molar-refractivity contribution in [3.63, 3.8) is 0 Å². The van der Waals surface area contributed by atoms with Crippen LogP contribution in [0.4, 0.5) is 0 Å². The Labute approximate surface area is 329 Å². The molecule has 0 fully saturated rings. The van der Waals surface area contributed by atoms with Gasteiger partial charge in [0.1, 0.15) is 0 Å². The van der Waals surface area contributed by atoms with Crippen molar-refractivity contribution < 1.29 is 0 Å². The fourth-order valence-electron chi connectivity index (χ4n) is 5.90. The summed E-state index contributed by atoms with van der Waals surface area (Å²) in [5, 5.41) is 17.7. The van der Waals surface area contributed by atoms with Crippen molar-refractivity contribution in [1.29, 1.82) is 0 Å². The highest BCUT2D eigenvalue weighted by molar-refractivity contribution is 6.71. The maximum Gasteiger partial charge on any atom is 0.169 e. The van der Waals surface area contributed by atoms with E-state index in [4.69, 9.17) is 23.2 Å². The summed E-state index contributed by atoms with van der Waals surface area (Å²) in [6.45, 7) is 14.8. The van der Waals surface area contributed by atoms with Crippen molar-refractivity contribution in [3.8, 4) is 28.5 Å². The lowest BCUT2D eigenvalue weighted by atomic mass is 10.1. The van der Waals surface area contributed by atoms with E-state index in [0.717, 1.165) is 45.2 Å². The first-order valence-electron chi connectivity index (χ1n) is 17.8. The van der Waals surface area contributed by atoms with Crippen molar-refractivity contribution in [2.75, 3.05) is 0 Å². The van der Waals surface area contributed by atoms with E-state index in [9.17, 15) is 0 Å². The monoisotopic (exact) mass is 749 g/mol. The molecule has 7 heteroatoms. The first-order valence-corrected chi connectivity index (χ1v) is 18.6. The van der Waals surface area contributed by atoms with Crippen LogP contribution in [0.3, 0.4) is 0 Å². The number of hydrogen-bond acceptors (Lipinski definition) is 4. The molecular formula is C47H45Cl2N5. The lowest BCUT2D eigenvalue weighted by molar-refractivity contribution is 1.03. The normalized spacial score (nSPS) is 11.3. The number of halogens is 2. The van der Waals surface area contributed by atoms with Gasteiger partial charge in [0.05, 0.1) is 5.69 Å². The molecule has 0 bridgehead atoms. The van der Waals surface area contributed by atoms with Crippen molar-refractivity contribution >= 4 is 33.5 Å². The third kappa shape index (κ3) is 9.87. The number of para-hydroxylation sites is 1. The van der Waals surface area contributed by atoms with Gasteiger partial charge in [0.2, 0.25) is 0 Å². The molecule has 6 aromatic carbocycles. The van der Waals surface area contributed by atoms with Gasteiger partial charge in [-0.15, -0.1) is 20.4 Å². The Morgan fingerprint density at radius 2 is 0.907 bits per heavy atom. The van der Waals surface area contributed by atoms with Crippen molar-refractivity contribution in [2.24, 2.45) is 10.2 Å². The Balaban J connectivity index is 0.000000175. The molecule has 7 rings (SSSR count). The number of benzene rings is 6. The van der Waals surface area contributed by atoms with Crippen LogP contribution in [0.1, 0.15) is 50.1 Å². The Kier molecular flexibility index (Phi) is 13.9. The van der Waals surface area contributed by atoms with E-state index in [0.29, 0.717) is 10.3 Å². The SMILES string of the molecule is Cc1cccc(C)c1C.Cc1ccccc1-c1nnc(-c2ccccc2)n1-c1c(C)cccc1C.Cc1ccccc1/C(Cl)=N/N=C(\Cl)c1ccccc1. The standard InChI is InChI=1S/C23H21N3.C15H12Cl2N2.C9H12/c1-16-10-7-8-15-20(16)23-25-24-22(19-13-5-4-6-14-19)26(23)21-17(2)11-9-12-18(21)3;1-11-7-5-6-10-13(11)15(17)19-18-14(16)12-8-3-2-4-9-12;1-7-5-4-6-8(2)9(7)3/h4-15H,1-3H3;2-10H,1H3;4-6H,1-3H3/b;18-14-,19-15-;. The minimum atomic E-state index is 0.312. The summed E-state index contributed by atoms with van der Waals surface area (Å²) in [6.07, 6.45) is 0. The summed E-state index contributed by atoms with van der Waals surface area (Å²) in [4.78, 5) is 0. The molecule has 0 aliphatic rings. The van der Waals surface area contributed by atoms with Crippen molar-refractivity contribution in [1.82, 2.24) is 14.8 Å². The number of nitrogens with zero attached hydrogens (tertiary/aromatic N) is 5. The molecule has 272 valence electrons. The largest absolute Gasteiger partial charge is 0.274 e. The van der Waals surface area contributed by atoms with Crippen LogP contribution in [0.5, 0.6) is 0 Å². The zero-order valence-corrected chi connectivity index (χ0v) is 33.4. The fourth-order valence-corrected chi connectivity index (χ4v) is 6.32. The van der Waals surface area contributed by atoms with Gasteiger partial charge in [0.25, 0.3) is 0 Å². The van der Waals surface area contributed by atoms with E-state index in [1.807, 2.05) is 85.8 Å². The van der Waals surface area contributed by atoms with Gasteiger partial charge in [0, 0.05) is 22.3 Å². The minimum absolute atomic E-state index is 0.312. The molecule has 0 spiro atoms. The smallest absolute Gasteiger partial charge is 0.169 e. The molecule has 0 saturated carbocycles. The first-order chi connectivity index (χ1) is 26.1. The van der Waals surface area contributed by atoms with Gasteiger partial charge in [-0.1, -0.05) is 169 Å². The lowest BCUT2D eigenvalue weighted by Crippen LogP contribution is -2.05. The number of rotatable bonds is 6. The highest BCUT2D eigenvalue weighted by Gasteiger charge is 2.20. The van der Waals surface area contributed by atoms with Gasteiger partial charge in [-0.25, -0.2) is 0 Å². The second kappa shape index (κ2) is 18.9. The Hall–Kier alpha value is -5.62. The van der Waals surface area contributed by atoms with E-state index in [-0.39, 0.29) is 0 Å². The predicted octanol–water partition coefficient (Wildman–Crippen LogP) is 12.7. The first kappa shape index (κ1) is 39.6. The number of aryl methyl sites for hydroxylation is 6. The predicted molar refractivity (Wildman–Crippen MR) is 229 cm³/mol. The topological polar surface area (TPSA) is 55.4 Å². The molecule has 0 N–H and O–H groups in total. The van der Waals surface area contributed by atoms with Crippen LogP contribution in [-0.2, 0) is 0 Å². The second-order valence-electron chi connectivity index (χ2n) is 13.1. The quantitative estimate of drug-likeness (QED) is 0.126. The molecule has 1 aromatic heterocycles. The van der Waals surface area contributed by atoms with Gasteiger partial charge >= 0.3 is 0 Å². The van der Waals surface area contributed by atoms with Gasteiger partial charge in [-0.05, 0) is 87.4 Å². The molecule has 0 aliphatic carbocycles. The van der Waals surface area contributed by atoms with Crippen LogP contribution in [0.25, 0.3) is 28.5 Å². The van der Waals surface area contributed by atoms with Gasteiger partial charge in [0.15, 0.2) is 22.0 Å². The summed E-state index contributed by atoms with van der Waals surface area (Å²) >= 11 is 12.2. The summed E-state index contributed by atoms with van der Waals surface area (Å²) in [6, 6.07) is 48.5. The highest BCUT2D eigenvalue weighted by atomic mass is 35.5. The molecule has 54 heavy (non-hydrogen) atoms. The zero-order chi connectivity index (χ0) is 38.6. The average molecular weight is 751 g/mol. The van der Waals surface area contributed by atoms with E-state index in [2.05, 4.69) is 133 Å². The molecule has 0 radical (unpaired) electrons. The fraction of sp³-hybridized carbons (Fsp3) is 0.149. The summed E-state index contributed by atoms with van der Waals surface area (Å²) < 4.78 is 2.20. The van der Waals surface area contributed by atoms with E-state index in [1.165, 1.54) is 33.4 Å². The van der Waals surface area contributed by atoms with Gasteiger partial charge in [-0.3, -0.25) is 4.57 Å². The molecule has 7 aromatic rings. The molecular weight excluding hydrogens is 705 g/mol.